The summed E-state index contributed by atoms with van der Waals surface area (Å²) < 4.78 is 1.57. The molecule has 0 unspecified atom stereocenters. The van der Waals surface area contributed by atoms with Crippen molar-refractivity contribution < 1.29 is 4.79 Å². The van der Waals surface area contributed by atoms with Gasteiger partial charge in [0.05, 0.1) is 23.1 Å². The maximum Gasteiger partial charge on any atom is 0.267 e. The van der Waals surface area contributed by atoms with Crippen molar-refractivity contribution in [2.24, 2.45) is 0 Å². The molecule has 0 spiro atoms. The summed E-state index contributed by atoms with van der Waals surface area (Å²) in [4.78, 5) is 31.1. The van der Waals surface area contributed by atoms with Crippen molar-refractivity contribution in [1.29, 1.82) is 0 Å². The van der Waals surface area contributed by atoms with Gasteiger partial charge in [-0.25, -0.2) is 4.98 Å². The van der Waals surface area contributed by atoms with Gasteiger partial charge in [-0.3, -0.25) is 19.5 Å². The number of carbonyl (C=O) groups is 1. The molecule has 0 bridgehead atoms. The van der Waals surface area contributed by atoms with Gasteiger partial charge in [0.1, 0.15) is 9.84 Å². The average Bonchev–Trinajstić information content (AvgIpc) is 3.29. The van der Waals surface area contributed by atoms with Crippen molar-refractivity contribution >= 4 is 43.9 Å². The van der Waals surface area contributed by atoms with Crippen LogP contribution in [-0.2, 0) is 13.0 Å². The fourth-order valence-corrected chi connectivity index (χ4v) is 4.58. The van der Waals surface area contributed by atoms with Crippen molar-refractivity contribution in [1.82, 2.24) is 19.7 Å². The molecule has 3 heterocycles. The van der Waals surface area contributed by atoms with E-state index in [0.717, 1.165) is 17.0 Å². The molecule has 4 aromatic rings. The Morgan fingerprint density at radius 3 is 2.68 bits per heavy atom. The third-order valence-corrected chi connectivity index (χ3v) is 6.49. The lowest BCUT2D eigenvalue weighted by Gasteiger charge is -2.05. The Morgan fingerprint density at radius 2 is 1.96 bits per heavy atom. The molecular formula is C19H17N5O2S2. The number of aromatic nitrogens is 4. The number of rotatable bonds is 5. The van der Waals surface area contributed by atoms with Gasteiger partial charge in [0.15, 0.2) is 0 Å². The topological polar surface area (TPSA) is 89.8 Å². The third-order valence-electron chi connectivity index (χ3n) is 4.31. The van der Waals surface area contributed by atoms with E-state index in [9.17, 15) is 9.59 Å². The first-order chi connectivity index (χ1) is 13.6. The smallest absolute Gasteiger partial charge is 0.267 e. The first-order valence-electron chi connectivity index (χ1n) is 8.73. The van der Waals surface area contributed by atoms with Crippen LogP contribution in [0.5, 0.6) is 0 Å². The molecular weight excluding hydrogens is 394 g/mol. The van der Waals surface area contributed by atoms with E-state index >= 15 is 0 Å². The summed E-state index contributed by atoms with van der Waals surface area (Å²) in [6, 6.07) is 9.72. The predicted octanol–water partition coefficient (Wildman–Crippen LogP) is 3.48. The second kappa shape index (κ2) is 7.61. The number of nitrogens with one attached hydrogen (secondary N) is 1. The van der Waals surface area contributed by atoms with Gasteiger partial charge in [0.2, 0.25) is 5.13 Å². The van der Waals surface area contributed by atoms with Gasteiger partial charge >= 0.3 is 0 Å². The second-order valence-corrected chi connectivity index (χ2v) is 8.27. The van der Waals surface area contributed by atoms with Crippen molar-refractivity contribution in [3.05, 3.63) is 68.0 Å². The number of hydrogen-bond acceptors (Lipinski definition) is 7. The number of anilines is 1. The highest BCUT2D eigenvalue weighted by molar-refractivity contribution is 7.21. The van der Waals surface area contributed by atoms with E-state index in [2.05, 4.69) is 20.5 Å². The van der Waals surface area contributed by atoms with Crippen molar-refractivity contribution in [3.8, 4) is 0 Å². The van der Waals surface area contributed by atoms with E-state index in [0.29, 0.717) is 32.3 Å². The van der Waals surface area contributed by atoms with Gasteiger partial charge in [-0.05, 0) is 24.5 Å². The highest BCUT2D eigenvalue weighted by Gasteiger charge is 2.20. The minimum Gasteiger partial charge on any atom is -0.296 e. The van der Waals surface area contributed by atoms with Crippen molar-refractivity contribution in [2.45, 2.75) is 26.8 Å². The minimum absolute atomic E-state index is 0.147. The van der Waals surface area contributed by atoms with Crippen LogP contribution in [0.25, 0.3) is 10.2 Å². The van der Waals surface area contributed by atoms with Crippen LogP contribution in [0.4, 0.5) is 5.13 Å². The standard InChI is InChI=1S/C19H17N5O2S2/c1-3-13-22-23-19(27-13)21-16(25)15-11(2)14-17(28-15)20-10-24(18(14)26)9-12-7-5-4-6-8-12/h4-8,10H,3,9H2,1-2H3,(H,21,23,25). The Kier molecular flexibility index (Phi) is 5.01. The molecule has 0 saturated carbocycles. The molecule has 0 aliphatic rings. The van der Waals surface area contributed by atoms with E-state index in [1.165, 1.54) is 29.0 Å². The minimum atomic E-state index is -0.298. The molecule has 4 rings (SSSR count). The molecule has 0 aliphatic carbocycles. The number of nitrogens with zero attached hydrogens (tertiary/aromatic N) is 4. The largest absolute Gasteiger partial charge is 0.296 e. The molecule has 0 aliphatic heterocycles. The number of aryl methyl sites for hydroxylation is 2. The van der Waals surface area contributed by atoms with Crippen LogP contribution >= 0.6 is 22.7 Å². The first-order valence-corrected chi connectivity index (χ1v) is 10.4. The van der Waals surface area contributed by atoms with Crippen LogP contribution in [-0.4, -0.2) is 25.7 Å². The number of fused-ring (bicyclic) bond motifs is 1. The van der Waals surface area contributed by atoms with Crippen LogP contribution in [0, 0.1) is 6.92 Å². The number of benzene rings is 1. The summed E-state index contributed by atoms with van der Waals surface area (Å²) in [5.41, 5.74) is 1.50. The molecule has 0 saturated heterocycles. The lowest BCUT2D eigenvalue weighted by molar-refractivity contribution is 0.103. The van der Waals surface area contributed by atoms with Gasteiger partial charge in [-0.1, -0.05) is 48.6 Å². The van der Waals surface area contributed by atoms with Gasteiger partial charge in [-0.15, -0.1) is 21.5 Å². The van der Waals surface area contributed by atoms with Crippen molar-refractivity contribution in [2.75, 3.05) is 5.32 Å². The molecule has 1 aromatic carbocycles. The lowest BCUT2D eigenvalue weighted by atomic mass is 10.2. The summed E-state index contributed by atoms with van der Waals surface area (Å²) in [5, 5.41) is 12.5. The summed E-state index contributed by atoms with van der Waals surface area (Å²) in [5.74, 6) is -0.298. The fourth-order valence-electron chi connectivity index (χ4n) is 2.87. The molecule has 1 N–H and O–H groups in total. The summed E-state index contributed by atoms with van der Waals surface area (Å²) in [7, 11) is 0. The second-order valence-electron chi connectivity index (χ2n) is 6.21. The molecule has 7 nitrogen and oxygen atoms in total. The molecule has 3 aromatic heterocycles. The number of hydrogen-bond donors (Lipinski definition) is 1. The number of thiophene rings is 1. The zero-order valence-corrected chi connectivity index (χ0v) is 16.9. The molecule has 1 amide bonds. The van der Waals surface area contributed by atoms with Crippen LogP contribution < -0.4 is 10.9 Å². The predicted molar refractivity (Wildman–Crippen MR) is 111 cm³/mol. The Bertz CT molecular complexity index is 1210. The summed E-state index contributed by atoms with van der Waals surface area (Å²) in [6.45, 7) is 4.19. The highest BCUT2D eigenvalue weighted by Crippen LogP contribution is 2.28. The Labute approximate surface area is 168 Å². The van der Waals surface area contributed by atoms with Gasteiger partial charge < -0.3 is 0 Å². The van der Waals surface area contributed by atoms with Crippen molar-refractivity contribution in [3.63, 3.8) is 0 Å². The number of amides is 1. The van der Waals surface area contributed by atoms with E-state index in [1.807, 2.05) is 37.3 Å². The first kappa shape index (κ1) is 18.5. The maximum atomic E-state index is 13.0. The average molecular weight is 412 g/mol. The molecule has 0 atom stereocenters. The fraction of sp³-hybridized carbons (Fsp3) is 0.211. The molecule has 0 fully saturated rings. The molecule has 142 valence electrons. The van der Waals surface area contributed by atoms with Crippen LogP contribution in [0.2, 0.25) is 0 Å². The van der Waals surface area contributed by atoms with Crippen LogP contribution in [0.1, 0.15) is 32.7 Å². The Balaban J connectivity index is 1.67. The summed E-state index contributed by atoms with van der Waals surface area (Å²) in [6.07, 6.45) is 2.30. The Hall–Kier alpha value is -2.91. The zero-order valence-electron chi connectivity index (χ0n) is 15.3. The maximum absolute atomic E-state index is 13.0. The van der Waals surface area contributed by atoms with Crippen LogP contribution in [0.3, 0.4) is 0 Å². The van der Waals surface area contributed by atoms with Gasteiger partial charge in [0.25, 0.3) is 11.5 Å². The molecule has 0 radical (unpaired) electrons. The molecule has 28 heavy (non-hydrogen) atoms. The number of carbonyl (C=O) groups excluding carboxylic acids is 1. The van der Waals surface area contributed by atoms with E-state index in [4.69, 9.17) is 0 Å². The highest BCUT2D eigenvalue weighted by atomic mass is 32.1. The normalized spacial score (nSPS) is 11.1. The lowest BCUT2D eigenvalue weighted by Crippen LogP contribution is -2.21. The van der Waals surface area contributed by atoms with Crippen LogP contribution in [0.15, 0.2) is 41.5 Å². The Morgan fingerprint density at radius 1 is 1.18 bits per heavy atom. The SMILES string of the molecule is CCc1nnc(NC(=O)c2sc3ncn(Cc4ccccc4)c(=O)c3c2C)s1. The summed E-state index contributed by atoms with van der Waals surface area (Å²) >= 11 is 2.56. The molecule has 9 heteroatoms. The monoisotopic (exact) mass is 411 g/mol. The zero-order chi connectivity index (χ0) is 19.7. The quantitative estimate of drug-likeness (QED) is 0.543. The van der Waals surface area contributed by atoms with Gasteiger partial charge in [-0.2, -0.15) is 0 Å². The third kappa shape index (κ3) is 3.46. The van der Waals surface area contributed by atoms with E-state index in [1.54, 1.807) is 11.5 Å². The van der Waals surface area contributed by atoms with E-state index < -0.39 is 0 Å². The van der Waals surface area contributed by atoms with Gasteiger partial charge in [0, 0.05) is 0 Å². The van der Waals surface area contributed by atoms with E-state index in [-0.39, 0.29) is 11.5 Å².